The Morgan fingerprint density at radius 1 is 0.714 bits per heavy atom. The van der Waals surface area contributed by atoms with Crippen LogP contribution < -0.4 is 5.30 Å². The van der Waals surface area contributed by atoms with Gasteiger partial charge in [0.15, 0.2) is 0 Å². The summed E-state index contributed by atoms with van der Waals surface area (Å²) in [5.74, 6) is 0. The quantitative estimate of drug-likeness (QED) is 0.262. The summed E-state index contributed by atoms with van der Waals surface area (Å²) in [6.07, 6.45) is 17.5. The Morgan fingerprint density at radius 3 is 1.39 bits per heavy atom. The first kappa shape index (κ1) is 23.7. The number of halogens is 4. The third kappa shape index (κ3) is 8.05. The van der Waals surface area contributed by atoms with E-state index in [2.05, 4.69) is 32.0 Å². The fourth-order valence-corrected chi connectivity index (χ4v) is 9.34. The van der Waals surface area contributed by atoms with Gasteiger partial charge in [-0.15, -0.1) is 0 Å². The highest BCUT2D eigenvalue weighted by atomic mass is 31.1. The van der Waals surface area contributed by atoms with Gasteiger partial charge in [-0.05, 0) is 87.5 Å². The van der Waals surface area contributed by atoms with Gasteiger partial charge in [0.1, 0.15) is 0 Å². The third-order valence-electron chi connectivity index (χ3n) is 6.29. The van der Waals surface area contributed by atoms with Crippen molar-refractivity contribution in [2.45, 2.75) is 102 Å². The Labute approximate surface area is 169 Å². The summed E-state index contributed by atoms with van der Waals surface area (Å²) in [4.78, 5) is 0. The van der Waals surface area contributed by atoms with Crippen molar-refractivity contribution < 1.29 is 17.3 Å². The SMILES string of the molecule is CCc1cc(CC)cc([PH+](C2CCCCC2)C2CCCCC2)c1.F[B-](F)(F)F. The molecule has 0 amide bonds. The molecule has 2 fully saturated rings. The average molecular weight is 418 g/mol. The van der Waals surface area contributed by atoms with Crippen LogP contribution in [-0.2, 0) is 12.8 Å². The van der Waals surface area contributed by atoms with Gasteiger partial charge in [0, 0.05) is 7.92 Å². The minimum Gasteiger partial charge on any atom is -0.418 e. The summed E-state index contributed by atoms with van der Waals surface area (Å²) < 4.78 is 39.0. The smallest absolute Gasteiger partial charge is 0.418 e. The molecule has 6 heteroatoms. The number of hydrogen-bond donors (Lipinski definition) is 0. The van der Waals surface area contributed by atoms with Gasteiger partial charge < -0.3 is 17.3 Å². The maximum atomic E-state index is 9.75. The largest absolute Gasteiger partial charge is 0.673 e. The molecule has 0 aliphatic heterocycles. The van der Waals surface area contributed by atoms with E-state index in [-0.39, 0.29) is 7.92 Å². The zero-order valence-electron chi connectivity index (χ0n) is 17.5. The fraction of sp³-hybridized carbons (Fsp3) is 0.727. The van der Waals surface area contributed by atoms with Crippen LogP contribution in [0.15, 0.2) is 18.2 Å². The molecule has 0 heterocycles. The van der Waals surface area contributed by atoms with E-state index in [1.165, 1.54) is 77.0 Å². The summed E-state index contributed by atoms with van der Waals surface area (Å²) in [5, 5.41) is 1.81. The molecule has 2 aliphatic carbocycles. The molecule has 0 aromatic heterocycles. The molecule has 0 unspecified atom stereocenters. The zero-order valence-corrected chi connectivity index (χ0v) is 18.5. The van der Waals surface area contributed by atoms with Crippen LogP contribution in [0.3, 0.4) is 0 Å². The van der Waals surface area contributed by atoms with Crippen molar-refractivity contribution in [3.05, 3.63) is 29.3 Å². The second-order valence-electron chi connectivity index (χ2n) is 8.37. The van der Waals surface area contributed by atoms with Gasteiger partial charge in [-0.3, -0.25) is 0 Å². The minimum absolute atomic E-state index is 0.387. The Kier molecular flexibility index (Phi) is 9.80. The summed E-state index contributed by atoms with van der Waals surface area (Å²) in [6, 6.07) is 7.71. The molecular formula is C22H36BF4P. The third-order valence-corrected chi connectivity index (χ3v) is 10.2. The molecule has 3 rings (SSSR count). The lowest BCUT2D eigenvalue weighted by Gasteiger charge is -2.32. The van der Waals surface area contributed by atoms with Crippen LogP contribution in [0.5, 0.6) is 0 Å². The summed E-state index contributed by atoms with van der Waals surface area (Å²) >= 11 is 0. The van der Waals surface area contributed by atoms with Gasteiger partial charge in [-0.1, -0.05) is 32.8 Å². The van der Waals surface area contributed by atoms with Crippen LogP contribution in [0.4, 0.5) is 17.3 Å². The van der Waals surface area contributed by atoms with Crippen molar-refractivity contribution in [3.8, 4) is 0 Å². The van der Waals surface area contributed by atoms with Crippen molar-refractivity contribution in [1.82, 2.24) is 0 Å². The lowest BCUT2D eigenvalue weighted by atomic mass is 9.99. The highest BCUT2D eigenvalue weighted by molar-refractivity contribution is 7.67. The first-order valence-electron chi connectivity index (χ1n) is 11.2. The van der Waals surface area contributed by atoms with Crippen molar-refractivity contribution in [2.75, 3.05) is 0 Å². The predicted molar refractivity (Wildman–Crippen MR) is 117 cm³/mol. The van der Waals surface area contributed by atoms with Crippen molar-refractivity contribution >= 4 is 20.5 Å². The molecule has 28 heavy (non-hydrogen) atoms. The van der Waals surface area contributed by atoms with Crippen LogP contribution in [0, 0.1) is 0 Å². The molecule has 0 bridgehead atoms. The molecule has 1 aromatic carbocycles. The molecule has 0 nitrogen and oxygen atoms in total. The highest BCUT2D eigenvalue weighted by Crippen LogP contribution is 2.55. The minimum atomic E-state index is -6.00. The number of hydrogen-bond acceptors (Lipinski definition) is 0. The summed E-state index contributed by atoms with van der Waals surface area (Å²) in [7, 11) is -6.39. The topological polar surface area (TPSA) is 0 Å². The lowest BCUT2D eigenvalue weighted by molar-refractivity contribution is 0.368. The second kappa shape index (κ2) is 11.6. The normalized spacial score (nSPS) is 19.4. The first-order valence-corrected chi connectivity index (χ1v) is 12.8. The average Bonchev–Trinajstić information content (AvgIpc) is 2.68. The highest BCUT2D eigenvalue weighted by Gasteiger charge is 2.39. The van der Waals surface area contributed by atoms with E-state index in [0.717, 1.165) is 11.3 Å². The first-order chi connectivity index (χ1) is 13.3. The maximum Gasteiger partial charge on any atom is 0.673 e. The Morgan fingerprint density at radius 2 is 1.07 bits per heavy atom. The maximum absolute atomic E-state index is 9.75. The molecule has 1 aromatic rings. The summed E-state index contributed by atoms with van der Waals surface area (Å²) in [6.45, 7) is 4.65. The number of rotatable bonds is 5. The van der Waals surface area contributed by atoms with Gasteiger partial charge in [0.2, 0.25) is 0 Å². The summed E-state index contributed by atoms with van der Waals surface area (Å²) in [5.41, 5.74) is 5.31. The van der Waals surface area contributed by atoms with Gasteiger partial charge in [0.25, 0.3) is 0 Å². The molecule has 2 saturated carbocycles. The van der Waals surface area contributed by atoms with E-state index in [9.17, 15) is 17.3 Å². The van der Waals surface area contributed by atoms with Gasteiger partial charge in [0.05, 0.1) is 16.6 Å². The van der Waals surface area contributed by atoms with E-state index < -0.39 is 7.25 Å². The molecular weight excluding hydrogens is 382 g/mol. The number of benzene rings is 1. The van der Waals surface area contributed by atoms with Gasteiger partial charge in [-0.2, -0.15) is 0 Å². The molecule has 0 spiro atoms. The van der Waals surface area contributed by atoms with E-state index in [0.29, 0.717) is 0 Å². The Balaban J connectivity index is 0.000000500. The van der Waals surface area contributed by atoms with Crippen LogP contribution in [-0.4, -0.2) is 18.6 Å². The fourth-order valence-electron chi connectivity index (χ4n) is 4.97. The Hall–Kier alpha value is -0.565. The second-order valence-corrected chi connectivity index (χ2v) is 11.5. The standard InChI is InChI=1S/C22H35P.BF4/c1-3-18-15-19(4-2)17-22(16-18)23(20-11-7-5-8-12-20)21-13-9-6-10-14-21;2-1(3,4)5/h15-17,20-21H,3-14H2,1-2H3;/q;-1/p+1. The van der Waals surface area contributed by atoms with Crippen LogP contribution in [0.2, 0.25) is 0 Å². The lowest BCUT2D eigenvalue weighted by Crippen LogP contribution is -2.26. The number of aryl methyl sites for hydroxylation is 2. The zero-order chi connectivity index (χ0) is 20.6. The van der Waals surface area contributed by atoms with Crippen LogP contribution in [0.25, 0.3) is 0 Å². The van der Waals surface area contributed by atoms with Gasteiger partial charge in [-0.25, -0.2) is 0 Å². The molecule has 0 saturated heterocycles. The van der Waals surface area contributed by atoms with Gasteiger partial charge >= 0.3 is 7.25 Å². The molecule has 0 atom stereocenters. The van der Waals surface area contributed by atoms with E-state index in [1.807, 2.05) is 5.30 Å². The molecule has 0 N–H and O–H groups in total. The monoisotopic (exact) mass is 418 g/mol. The van der Waals surface area contributed by atoms with E-state index in [4.69, 9.17) is 0 Å². The molecule has 0 radical (unpaired) electrons. The van der Waals surface area contributed by atoms with Crippen LogP contribution >= 0.6 is 7.92 Å². The van der Waals surface area contributed by atoms with Crippen LogP contribution in [0.1, 0.15) is 89.2 Å². The van der Waals surface area contributed by atoms with Crippen molar-refractivity contribution in [3.63, 3.8) is 0 Å². The van der Waals surface area contributed by atoms with E-state index in [1.54, 1.807) is 11.1 Å². The van der Waals surface area contributed by atoms with Crippen molar-refractivity contribution in [1.29, 1.82) is 0 Å². The molecule has 160 valence electrons. The van der Waals surface area contributed by atoms with Crippen molar-refractivity contribution in [2.24, 2.45) is 0 Å². The molecule has 2 aliphatic rings. The van der Waals surface area contributed by atoms with E-state index >= 15 is 0 Å². The Bertz CT molecular complexity index is 532. The predicted octanol–water partition coefficient (Wildman–Crippen LogP) is 7.62.